The average molecular weight is 410 g/mol. The molecule has 0 N–H and O–H groups in total. The third-order valence-electron chi connectivity index (χ3n) is 3.02. The molecule has 0 aliphatic heterocycles. The van der Waals surface area contributed by atoms with Gasteiger partial charge in [-0.2, -0.15) is 0 Å². The van der Waals surface area contributed by atoms with E-state index in [1.54, 1.807) is 48.5 Å². The number of hydrogen-bond acceptors (Lipinski definition) is 4. The number of halogens is 2. The molecule has 6 heteroatoms. The first-order valence-electron chi connectivity index (χ1n) is 7.00. The summed E-state index contributed by atoms with van der Waals surface area (Å²) in [6, 6.07) is 11.2. The predicted molar refractivity (Wildman–Crippen MR) is 95.9 cm³/mol. The van der Waals surface area contributed by atoms with Crippen LogP contribution in [-0.4, -0.2) is 25.0 Å². The van der Waals surface area contributed by atoms with Crippen molar-refractivity contribution < 1.29 is 19.1 Å². The molecule has 0 aliphatic rings. The number of hydrogen-bond donors (Lipinski definition) is 0. The molecule has 0 saturated heterocycles. The van der Waals surface area contributed by atoms with Crippen molar-refractivity contribution in [1.29, 1.82) is 0 Å². The fourth-order valence-corrected chi connectivity index (χ4v) is 2.45. The Bertz CT molecular complexity index is 756. The lowest BCUT2D eigenvalue weighted by Gasteiger charge is -2.08. The Morgan fingerprint density at radius 3 is 2.42 bits per heavy atom. The average Bonchev–Trinajstić information content (AvgIpc) is 2.59. The van der Waals surface area contributed by atoms with Gasteiger partial charge in [0.15, 0.2) is 12.4 Å². The van der Waals surface area contributed by atoms with Crippen LogP contribution in [0.1, 0.15) is 20.7 Å². The summed E-state index contributed by atoms with van der Waals surface area (Å²) in [4.78, 5) is 24.0. The first-order valence-corrected chi connectivity index (χ1v) is 8.17. The maximum absolute atomic E-state index is 12.0. The fourth-order valence-electron chi connectivity index (χ4n) is 1.83. The standard InChI is InChI=1S/C18H14BrClO4/c1-2-9-23-17-8-5-13(10-15(17)19)18(22)24-11-16(21)12-3-6-14(20)7-4-12/h2-8,10H,1,9,11H2. The van der Waals surface area contributed by atoms with Gasteiger partial charge in [0.25, 0.3) is 0 Å². The Balaban J connectivity index is 1.97. The summed E-state index contributed by atoms with van der Waals surface area (Å²) in [6.45, 7) is 3.59. The number of ketones is 1. The molecule has 0 atom stereocenters. The molecular formula is C18H14BrClO4. The van der Waals surface area contributed by atoms with Gasteiger partial charge in [-0.25, -0.2) is 4.79 Å². The highest BCUT2D eigenvalue weighted by atomic mass is 79.9. The van der Waals surface area contributed by atoms with E-state index in [2.05, 4.69) is 22.5 Å². The van der Waals surface area contributed by atoms with Crippen LogP contribution in [0, 0.1) is 0 Å². The largest absolute Gasteiger partial charge is 0.488 e. The zero-order valence-corrected chi connectivity index (χ0v) is 15.0. The Morgan fingerprint density at radius 1 is 1.12 bits per heavy atom. The van der Waals surface area contributed by atoms with Crippen molar-refractivity contribution in [2.45, 2.75) is 0 Å². The van der Waals surface area contributed by atoms with Gasteiger partial charge in [0, 0.05) is 10.6 Å². The highest BCUT2D eigenvalue weighted by Gasteiger charge is 2.13. The van der Waals surface area contributed by atoms with E-state index < -0.39 is 5.97 Å². The molecule has 0 unspecified atom stereocenters. The topological polar surface area (TPSA) is 52.6 Å². The lowest BCUT2D eigenvalue weighted by Crippen LogP contribution is -2.14. The summed E-state index contributed by atoms with van der Waals surface area (Å²) in [7, 11) is 0. The van der Waals surface area contributed by atoms with Gasteiger partial charge < -0.3 is 9.47 Å². The van der Waals surface area contributed by atoms with E-state index in [-0.39, 0.29) is 12.4 Å². The molecule has 0 bridgehead atoms. The maximum Gasteiger partial charge on any atom is 0.338 e. The Labute approximate surface area is 153 Å². The number of rotatable bonds is 7. The molecule has 24 heavy (non-hydrogen) atoms. The minimum Gasteiger partial charge on any atom is -0.488 e. The van der Waals surface area contributed by atoms with E-state index in [0.29, 0.717) is 33.0 Å². The van der Waals surface area contributed by atoms with Gasteiger partial charge in [0.05, 0.1) is 10.0 Å². The van der Waals surface area contributed by atoms with Crippen LogP contribution < -0.4 is 4.74 Å². The molecule has 2 aromatic rings. The lowest BCUT2D eigenvalue weighted by molar-refractivity contribution is 0.0474. The van der Waals surface area contributed by atoms with Crippen molar-refractivity contribution in [3.05, 3.63) is 75.7 Å². The van der Waals surface area contributed by atoms with Crippen molar-refractivity contribution in [3.63, 3.8) is 0 Å². The SMILES string of the molecule is C=CCOc1ccc(C(=O)OCC(=O)c2ccc(Cl)cc2)cc1Br. The molecule has 0 heterocycles. The van der Waals surface area contributed by atoms with Crippen LogP contribution in [0.2, 0.25) is 5.02 Å². The summed E-state index contributed by atoms with van der Waals surface area (Å²) in [5.41, 5.74) is 0.748. The van der Waals surface area contributed by atoms with Crippen LogP contribution in [0.15, 0.2) is 59.6 Å². The van der Waals surface area contributed by atoms with E-state index >= 15 is 0 Å². The van der Waals surface area contributed by atoms with Gasteiger partial charge in [-0.1, -0.05) is 24.3 Å². The Morgan fingerprint density at radius 2 is 1.79 bits per heavy atom. The molecule has 0 aromatic heterocycles. The molecule has 4 nitrogen and oxygen atoms in total. The van der Waals surface area contributed by atoms with Crippen molar-refractivity contribution in [1.82, 2.24) is 0 Å². The minimum atomic E-state index is -0.590. The minimum absolute atomic E-state index is 0.301. The van der Waals surface area contributed by atoms with Gasteiger partial charge in [0.1, 0.15) is 12.4 Å². The van der Waals surface area contributed by atoms with Crippen LogP contribution >= 0.6 is 27.5 Å². The molecule has 0 spiro atoms. The van der Waals surface area contributed by atoms with Gasteiger partial charge >= 0.3 is 5.97 Å². The van der Waals surface area contributed by atoms with Crippen molar-refractivity contribution >= 4 is 39.3 Å². The second kappa shape index (κ2) is 8.66. The summed E-state index contributed by atoms with van der Waals surface area (Å²) in [5, 5.41) is 0.534. The van der Waals surface area contributed by atoms with Crippen LogP contribution in [0.3, 0.4) is 0 Å². The van der Waals surface area contributed by atoms with Crippen molar-refractivity contribution in [3.8, 4) is 5.75 Å². The summed E-state index contributed by atoms with van der Waals surface area (Å²) < 4.78 is 11.1. The van der Waals surface area contributed by atoms with E-state index in [1.165, 1.54) is 0 Å². The first kappa shape index (κ1) is 18.2. The summed E-state index contributed by atoms with van der Waals surface area (Å²) in [5.74, 6) is -0.304. The highest BCUT2D eigenvalue weighted by molar-refractivity contribution is 9.10. The fraction of sp³-hybridized carbons (Fsp3) is 0.111. The number of Topliss-reactive ketones (excluding diaryl/α,β-unsaturated/α-hetero) is 1. The Hall–Kier alpha value is -2.11. The van der Waals surface area contributed by atoms with E-state index in [0.717, 1.165) is 0 Å². The second-order valence-electron chi connectivity index (χ2n) is 4.75. The quantitative estimate of drug-likeness (QED) is 0.378. The zero-order chi connectivity index (χ0) is 17.5. The molecule has 0 saturated carbocycles. The normalized spacial score (nSPS) is 10.1. The number of carbonyl (C=O) groups is 2. The van der Waals surface area contributed by atoms with E-state index in [9.17, 15) is 9.59 Å². The predicted octanol–water partition coefficient (Wildman–Crippen LogP) is 4.71. The number of carbonyl (C=O) groups excluding carboxylic acids is 2. The molecule has 0 fully saturated rings. The first-order chi connectivity index (χ1) is 11.5. The highest BCUT2D eigenvalue weighted by Crippen LogP contribution is 2.26. The number of ether oxygens (including phenoxy) is 2. The van der Waals surface area contributed by atoms with Crippen LogP contribution in [0.5, 0.6) is 5.75 Å². The third kappa shape index (κ3) is 4.94. The summed E-state index contributed by atoms with van der Waals surface area (Å²) in [6.07, 6.45) is 1.62. The van der Waals surface area contributed by atoms with E-state index in [4.69, 9.17) is 21.1 Å². The van der Waals surface area contributed by atoms with Gasteiger partial charge in [-0.05, 0) is 58.4 Å². The maximum atomic E-state index is 12.0. The lowest BCUT2D eigenvalue weighted by atomic mass is 10.1. The van der Waals surface area contributed by atoms with Gasteiger partial charge in [-0.3, -0.25) is 4.79 Å². The van der Waals surface area contributed by atoms with Gasteiger partial charge in [0.2, 0.25) is 0 Å². The monoisotopic (exact) mass is 408 g/mol. The number of benzene rings is 2. The van der Waals surface area contributed by atoms with Crippen molar-refractivity contribution in [2.75, 3.05) is 13.2 Å². The van der Waals surface area contributed by atoms with Gasteiger partial charge in [-0.15, -0.1) is 0 Å². The molecule has 2 rings (SSSR count). The smallest absolute Gasteiger partial charge is 0.338 e. The second-order valence-corrected chi connectivity index (χ2v) is 6.04. The Kier molecular flexibility index (Phi) is 6.58. The van der Waals surface area contributed by atoms with Crippen LogP contribution in [-0.2, 0) is 4.74 Å². The van der Waals surface area contributed by atoms with E-state index in [1.807, 2.05) is 0 Å². The molecule has 2 aromatic carbocycles. The van der Waals surface area contributed by atoms with Crippen molar-refractivity contribution in [2.24, 2.45) is 0 Å². The third-order valence-corrected chi connectivity index (χ3v) is 3.90. The molecule has 0 aliphatic carbocycles. The molecule has 0 amide bonds. The summed E-state index contributed by atoms with van der Waals surface area (Å²) >= 11 is 9.09. The molecule has 0 radical (unpaired) electrons. The zero-order valence-electron chi connectivity index (χ0n) is 12.6. The molecular weight excluding hydrogens is 396 g/mol. The number of esters is 1. The molecule has 124 valence electrons. The van der Waals surface area contributed by atoms with Crippen LogP contribution in [0.4, 0.5) is 0 Å². The van der Waals surface area contributed by atoms with Crippen LogP contribution in [0.25, 0.3) is 0 Å².